The van der Waals surface area contributed by atoms with Gasteiger partial charge in [0.15, 0.2) is 0 Å². The molecule has 0 saturated heterocycles. The van der Waals surface area contributed by atoms with Crippen LogP contribution in [0.15, 0.2) is 30.3 Å². The van der Waals surface area contributed by atoms with E-state index in [0.29, 0.717) is 5.92 Å². The van der Waals surface area contributed by atoms with Gasteiger partial charge in [0, 0.05) is 18.8 Å². The van der Waals surface area contributed by atoms with Crippen LogP contribution in [-0.2, 0) is 0 Å². The van der Waals surface area contributed by atoms with E-state index in [1.54, 1.807) is 0 Å². The molecule has 0 bridgehead atoms. The molecule has 0 aliphatic heterocycles. The van der Waals surface area contributed by atoms with Gasteiger partial charge < -0.3 is 10.6 Å². The quantitative estimate of drug-likeness (QED) is 0.842. The Morgan fingerprint density at radius 3 is 2.58 bits per heavy atom. The molecule has 0 aromatic heterocycles. The Morgan fingerprint density at radius 1 is 1.32 bits per heavy atom. The Balaban J connectivity index is 2.31. The third kappa shape index (κ3) is 2.79. The average Bonchev–Trinajstić information content (AvgIpc) is 2.83. The summed E-state index contributed by atoms with van der Waals surface area (Å²) in [4.78, 5) is 2.61. The smallest absolute Gasteiger partial charge is 0.0549 e. The van der Waals surface area contributed by atoms with E-state index in [-0.39, 0.29) is 5.54 Å². The van der Waals surface area contributed by atoms with Crippen LogP contribution in [0.5, 0.6) is 0 Å². The first-order valence-corrected chi connectivity index (χ1v) is 7.77. The number of anilines is 1. The Kier molecular flexibility index (Phi) is 4.87. The summed E-state index contributed by atoms with van der Waals surface area (Å²) >= 11 is 0. The zero-order valence-corrected chi connectivity index (χ0v) is 12.4. The Morgan fingerprint density at radius 2 is 2.05 bits per heavy atom. The van der Waals surface area contributed by atoms with Crippen LogP contribution in [0.3, 0.4) is 0 Å². The number of hydrogen-bond acceptors (Lipinski definition) is 2. The summed E-state index contributed by atoms with van der Waals surface area (Å²) in [7, 11) is 0. The highest BCUT2D eigenvalue weighted by atomic mass is 15.2. The second kappa shape index (κ2) is 6.42. The number of benzene rings is 1. The van der Waals surface area contributed by atoms with E-state index < -0.39 is 0 Å². The number of unbranched alkanes of at least 4 members (excludes halogenated alkanes) is 1. The number of hydrogen-bond donors (Lipinski definition) is 1. The van der Waals surface area contributed by atoms with E-state index in [1.807, 2.05) is 0 Å². The molecule has 2 nitrogen and oxygen atoms in total. The lowest BCUT2D eigenvalue weighted by Crippen LogP contribution is -2.56. The fourth-order valence-corrected chi connectivity index (χ4v) is 3.58. The van der Waals surface area contributed by atoms with Crippen LogP contribution in [-0.4, -0.2) is 18.6 Å². The average molecular weight is 260 g/mol. The largest absolute Gasteiger partial charge is 0.364 e. The summed E-state index contributed by atoms with van der Waals surface area (Å²) < 4.78 is 0. The predicted octanol–water partition coefficient (Wildman–Crippen LogP) is 3.81. The standard InChI is InChI=1S/C17H28N2/c1-3-4-13-19(16-10-6-5-7-11-16)17(14-18)12-8-9-15(17)2/h5-7,10-11,15H,3-4,8-9,12-14,18H2,1-2H3. The SMILES string of the molecule is CCCCN(c1ccccc1)C1(CN)CCCC1C. The van der Waals surface area contributed by atoms with Crippen LogP contribution in [0.2, 0.25) is 0 Å². The van der Waals surface area contributed by atoms with Crippen LogP contribution in [0.25, 0.3) is 0 Å². The monoisotopic (exact) mass is 260 g/mol. The van der Waals surface area contributed by atoms with Crippen molar-refractivity contribution in [2.45, 2.75) is 51.5 Å². The van der Waals surface area contributed by atoms with E-state index in [1.165, 1.54) is 37.8 Å². The van der Waals surface area contributed by atoms with Gasteiger partial charge in [-0.05, 0) is 37.3 Å². The van der Waals surface area contributed by atoms with E-state index >= 15 is 0 Å². The molecule has 0 heterocycles. The first kappa shape index (κ1) is 14.4. The van der Waals surface area contributed by atoms with Crippen LogP contribution >= 0.6 is 0 Å². The van der Waals surface area contributed by atoms with Gasteiger partial charge in [0.25, 0.3) is 0 Å². The molecule has 1 aromatic carbocycles. The zero-order valence-electron chi connectivity index (χ0n) is 12.4. The van der Waals surface area contributed by atoms with Crippen molar-refractivity contribution in [2.75, 3.05) is 18.0 Å². The van der Waals surface area contributed by atoms with Crippen LogP contribution in [0, 0.1) is 5.92 Å². The molecule has 106 valence electrons. The molecule has 0 spiro atoms. The maximum Gasteiger partial charge on any atom is 0.0549 e. The topological polar surface area (TPSA) is 29.3 Å². The van der Waals surface area contributed by atoms with Gasteiger partial charge in [-0.15, -0.1) is 0 Å². The molecular formula is C17H28N2. The molecule has 0 radical (unpaired) electrons. The number of rotatable bonds is 6. The van der Waals surface area contributed by atoms with Gasteiger partial charge in [-0.3, -0.25) is 0 Å². The Bertz CT molecular complexity index is 376. The van der Waals surface area contributed by atoms with Crippen molar-refractivity contribution in [2.24, 2.45) is 11.7 Å². The van der Waals surface area contributed by atoms with Crippen molar-refractivity contribution >= 4 is 5.69 Å². The van der Waals surface area contributed by atoms with Crippen molar-refractivity contribution in [3.8, 4) is 0 Å². The van der Waals surface area contributed by atoms with Gasteiger partial charge >= 0.3 is 0 Å². The molecule has 2 unspecified atom stereocenters. The van der Waals surface area contributed by atoms with E-state index in [2.05, 4.69) is 49.1 Å². The van der Waals surface area contributed by atoms with Gasteiger partial charge in [0.1, 0.15) is 0 Å². The number of para-hydroxylation sites is 1. The molecule has 1 fully saturated rings. The summed E-state index contributed by atoms with van der Waals surface area (Å²) in [5, 5.41) is 0. The second-order valence-corrected chi connectivity index (χ2v) is 5.94. The van der Waals surface area contributed by atoms with Crippen LogP contribution < -0.4 is 10.6 Å². The van der Waals surface area contributed by atoms with Gasteiger partial charge in [-0.1, -0.05) is 44.9 Å². The molecule has 1 aromatic rings. The molecule has 2 N–H and O–H groups in total. The first-order chi connectivity index (χ1) is 9.24. The molecule has 2 rings (SSSR count). The van der Waals surface area contributed by atoms with Crippen molar-refractivity contribution < 1.29 is 0 Å². The fourth-order valence-electron chi connectivity index (χ4n) is 3.58. The molecule has 1 saturated carbocycles. The Hall–Kier alpha value is -1.02. The molecule has 0 amide bonds. The lowest BCUT2D eigenvalue weighted by Gasteiger charge is -2.46. The highest BCUT2D eigenvalue weighted by molar-refractivity contribution is 5.50. The minimum absolute atomic E-state index is 0.177. The third-order valence-electron chi connectivity index (χ3n) is 4.86. The Labute approximate surface area is 118 Å². The van der Waals surface area contributed by atoms with Crippen molar-refractivity contribution in [1.29, 1.82) is 0 Å². The van der Waals surface area contributed by atoms with Crippen molar-refractivity contribution in [3.05, 3.63) is 30.3 Å². The second-order valence-electron chi connectivity index (χ2n) is 5.94. The van der Waals surface area contributed by atoms with Gasteiger partial charge in [0.2, 0.25) is 0 Å². The highest BCUT2D eigenvalue weighted by Gasteiger charge is 2.43. The predicted molar refractivity (Wildman–Crippen MR) is 83.5 cm³/mol. The summed E-state index contributed by atoms with van der Waals surface area (Å²) in [6.45, 7) is 6.53. The van der Waals surface area contributed by atoms with Gasteiger partial charge in [-0.25, -0.2) is 0 Å². The van der Waals surface area contributed by atoms with Crippen molar-refractivity contribution in [1.82, 2.24) is 0 Å². The molecular weight excluding hydrogens is 232 g/mol. The lowest BCUT2D eigenvalue weighted by molar-refractivity contribution is 0.315. The molecule has 1 aliphatic rings. The molecule has 1 aliphatic carbocycles. The summed E-state index contributed by atoms with van der Waals surface area (Å²) in [5.41, 5.74) is 7.75. The molecule has 2 atom stereocenters. The van der Waals surface area contributed by atoms with E-state index in [9.17, 15) is 0 Å². The minimum Gasteiger partial charge on any atom is -0.364 e. The minimum atomic E-state index is 0.177. The van der Waals surface area contributed by atoms with Crippen molar-refractivity contribution in [3.63, 3.8) is 0 Å². The maximum absolute atomic E-state index is 6.23. The fraction of sp³-hybridized carbons (Fsp3) is 0.647. The lowest BCUT2D eigenvalue weighted by atomic mass is 9.85. The van der Waals surface area contributed by atoms with Gasteiger partial charge in [0.05, 0.1) is 5.54 Å². The highest BCUT2D eigenvalue weighted by Crippen LogP contribution is 2.41. The first-order valence-electron chi connectivity index (χ1n) is 7.77. The van der Waals surface area contributed by atoms with E-state index in [0.717, 1.165) is 13.1 Å². The number of nitrogens with zero attached hydrogens (tertiary/aromatic N) is 1. The third-order valence-corrected chi connectivity index (χ3v) is 4.86. The summed E-state index contributed by atoms with van der Waals surface area (Å²) in [6.07, 6.45) is 6.34. The summed E-state index contributed by atoms with van der Waals surface area (Å²) in [6, 6.07) is 10.8. The van der Waals surface area contributed by atoms with Gasteiger partial charge in [-0.2, -0.15) is 0 Å². The normalized spacial score (nSPS) is 26.6. The molecule has 19 heavy (non-hydrogen) atoms. The van der Waals surface area contributed by atoms with Crippen LogP contribution in [0.4, 0.5) is 5.69 Å². The zero-order chi connectivity index (χ0) is 13.7. The molecule has 2 heteroatoms. The van der Waals surface area contributed by atoms with Crippen LogP contribution in [0.1, 0.15) is 46.0 Å². The van der Waals surface area contributed by atoms with E-state index in [4.69, 9.17) is 5.73 Å². The maximum atomic E-state index is 6.23. The number of nitrogens with two attached hydrogens (primary N) is 1. The summed E-state index contributed by atoms with van der Waals surface area (Å²) in [5.74, 6) is 0.689.